The van der Waals surface area contributed by atoms with Crippen molar-refractivity contribution in [2.45, 2.75) is 19.8 Å². The number of ether oxygens (including phenoxy) is 2. The van der Waals surface area contributed by atoms with Crippen molar-refractivity contribution < 1.29 is 14.3 Å². The van der Waals surface area contributed by atoms with Crippen molar-refractivity contribution in [2.24, 2.45) is 0 Å². The van der Waals surface area contributed by atoms with E-state index in [9.17, 15) is 4.79 Å². The summed E-state index contributed by atoms with van der Waals surface area (Å²) >= 11 is 6.09. The lowest BCUT2D eigenvalue weighted by Gasteiger charge is -2.34. The normalized spacial score (nSPS) is 15.2. The second-order valence-corrected chi connectivity index (χ2v) is 6.21. The van der Waals surface area contributed by atoms with Gasteiger partial charge in [-0.25, -0.2) is 4.79 Å². The van der Waals surface area contributed by atoms with E-state index in [1.165, 1.54) is 20.0 Å². The Bertz CT molecular complexity index is 560. The van der Waals surface area contributed by atoms with Crippen molar-refractivity contribution >= 4 is 23.3 Å². The molecule has 0 atom stereocenters. The van der Waals surface area contributed by atoms with Crippen LogP contribution in [0.15, 0.2) is 12.1 Å². The molecule has 1 fully saturated rings. The van der Waals surface area contributed by atoms with E-state index < -0.39 is 0 Å². The topological polar surface area (TPSA) is 54.0 Å². The number of nitrogens with one attached hydrogen (secondary N) is 1. The number of rotatable bonds is 6. The SMILES string of the molecule is CCCCN1CCN(C(=O)Nc2cc(OC)c(Cl)cc2OC)CC1. The van der Waals surface area contributed by atoms with Crippen LogP contribution >= 0.6 is 11.6 Å². The molecule has 7 heteroatoms. The molecule has 1 aromatic rings. The van der Waals surface area contributed by atoms with Gasteiger partial charge in [0.2, 0.25) is 0 Å². The van der Waals surface area contributed by atoms with Gasteiger partial charge in [0, 0.05) is 38.3 Å². The second kappa shape index (κ2) is 8.99. The lowest BCUT2D eigenvalue weighted by Crippen LogP contribution is -2.50. The molecule has 1 aromatic carbocycles. The summed E-state index contributed by atoms with van der Waals surface area (Å²) in [6.07, 6.45) is 2.40. The Hall–Kier alpha value is -1.66. The van der Waals surface area contributed by atoms with Crippen LogP contribution in [0.5, 0.6) is 11.5 Å². The van der Waals surface area contributed by atoms with E-state index in [-0.39, 0.29) is 6.03 Å². The fraction of sp³-hybridized carbons (Fsp3) is 0.588. The maximum Gasteiger partial charge on any atom is 0.322 e. The number of benzene rings is 1. The van der Waals surface area contributed by atoms with Crippen molar-refractivity contribution in [3.05, 3.63) is 17.2 Å². The zero-order chi connectivity index (χ0) is 17.5. The molecule has 0 spiro atoms. The average Bonchev–Trinajstić information content (AvgIpc) is 2.61. The summed E-state index contributed by atoms with van der Waals surface area (Å²) in [7, 11) is 3.08. The van der Waals surface area contributed by atoms with Gasteiger partial charge in [-0.3, -0.25) is 4.90 Å². The molecule has 0 bridgehead atoms. The first-order valence-electron chi connectivity index (χ1n) is 8.28. The number of nitrogens with zero attached hydrogens (tertiary/aromatic N) is 2. The van der Waals surface area contributed by atoms with Gasteiger partial charge in [-0.2, -0.15) is 0 Å². The number of amides is 2. The molecule has 0 saturated carbocycles. The first-order chi connectivity index (χ1) is 11.6. The number of anilines is 1. The van der Waals surface area contributed by atoms with E-state index in [0.29, 0.717) is 22.2 Å². The predicted octanol–water partition coefficient (Wildman–Crippen LogP) is 3.31. The largest absolute Gasteiger partial charge is 0.495 e. The number of carbonyl (C=O) groups excluding carboxylic acids is 1. The Labute approximate surface area is 148 Å². The average molecular weight is 356 g/mol. The van der Waals surface area contributed by atoms with E-state index in [4.69, 9.17) is 21.1 Å². The maximum absolute atomic E-state index is 12.5. The zero-order valence-electron chi connectivity index (χ0n) is 14.6. The Morgan fingerprint density at radius 3 is 2.42 bits per heavy atom. The first-order valence-corrected chi connectivity index (χ1v) is 8.66. The third-order valence-electron chi connectivity index (χ3n) is 4.20. The van der Waals surface area contributed by atoms with Crippen LogP contribution in [0.4, 0.5) is 10.5 Å². The van der Waals surface area contributed by atoms with Gasteiger partial charge in [-0.1, -0.05) is 24.9 Å². The molecule has 0 radical (unpaired) electrons. The smallest absolute Gasteiger partial charge is 0.322 e. The van der Waals surface area contributed by atoms with Crippen molar-refractivity contribution in [2.75, 3.05) is 52.3 Å². The van der Waals surface area contributed by atoms with E-state index >= 15 is 0 Å². The van der Waals surface area contributed by atoms with Crippen LogP contribution in [-0.2, 0) is 0 Å². The number of urea groups is 1. The van der Waals surface area contributed by atoms with Crippen LogP contribution in [0.2, 0.25) is 5.02 Å². The van der Waals surface area contributed by atoms with Gasteiger partial charge in [-0.15, -0.1) is 0 Å². The molecule has 2 amide bonds. The molecular weight excluding hydrogens is 330 g/mol. The molecule has 2 rings (SSSR count). The monoisotopic (exact) mass is 355 g/mol. The number of halogens is 1. The van der Waals surface area contributed by atoms with Gasteiger partial charge in [0.25, 0.3) is 0 Å². The third kappa shape index (κ3) is 4.68. The molecule has 0 aliphatic carbocycles. The standard InChI is InChI=1S/C17H26ClN3O3/c1-4-5-6-20-7-9-21(10-8-20)17(22)19-14-12-15(23-2)13(18)11-16(14)24-3/h11-12H,4-10H2,1-3H3,(H,19,22). The number of hydrogen-bond donors (Lipinski definition) is 1. The lowest BCUT2D eigenvalue weighted by molar-refractivity contribution is 0.146. The highest BCUT2D eigenvalue weighted by Gasteiger charge is 2.22. The van der Waals surface area contributed by atoms with Gasteiger partial charge in [0.05, 0.1) is 24.9 Å². The van der Waals surface area contributed by atoms with Crippen LogP contribution in [0.3, 0.4) is 0 Å². The first kappa shape index (κ1) is 18.7. The highest BCUT2D eigenvalue weighted by molar-refractivity contribution is 6.32. The van der Waals surface area contributed by atoms with Gasteiger partial charge in [-0.05, 0) is 13.0 Å². The van der Waals surface area contributed by atoms with Gasteiger partial charge in [0.15, 0.2) is 0 Å². The fourth-order valence-electron chi connectivity index (χ4n) is 2.71. The fourth-order valence-corrected chi connectivity index (χ4v) is 2.94. The zero-order valence-corrected chi connectivity index (χ0v) is 15.4. The molecule has 134 valence electrons. The molecule has 1 aliphatic rings. The number of unbranched alkanes of at least 4 members (excludes halogenated alkanes) is 1. The molecular formula is C17H26ClN3O3. The molecule has 1 saturated heterocycles. The summed E-state index contributed by atoms with van der Waals surface area (Å²) in [6.45, 7) is 6.57. The van der Waals surface area contributed by atoms with Crippen molar-refractivity contribution in [3.63, 3.8) is 0 Å². The number of carbonyl (C=O) groups is 1. The summed E-state index contributed by atoms with van der Waals surface area (Å²) in [5.74, 6) is 1.01. The number of hydrogen-bond acceptors (Lipinski definition) is 4. The van der Waals surface area contributed by atoms with Gasteiger partial charge < -0.3 is 19.7 Å². The quantitative estimate of drug-likeness (QED) is 0.850. The minimum absolute atomic E-state index is 0.132. The van der Waals surface area contributed by atoms with Gasteiger partial charge in [0.1, 0.15) is 11.5 Å². The molecule has 1 heterocycles. The predicted molar refractivity (Wildman–Crippen MR) is 96.5 cm³/mol. The van der Waals surface area contributed by atoms with Crippen molar-refractivity contribution in [3.8, 4) is 11.5 Å². The van der Waals surface area contributed by atoms with E-state index in [0.717, 1.165) is 32.7 Å². The van der Waals surface area contributed by atoms with Crippen molar-refractivity contribution in [1.82, 2.24) is 9.80 Å². The van der Waals surface area contributed by atoms with Crippen LogP contribution in [0.25, 0.3) is 0 Å². The Balaban J connectivity index is 1.98. The highest BCUT2D eigenvalue weighted by atomic mass is 35.5. The summed E-state index contributed by atoms with van der Waals surface area (Å²) < 4.78 is 10.5. The summed E-state index contributed by atoms with van der Waals surface area (Å²) in [4.78, 5) is 16.7. The molecule has 0 unspecified atom stereocenters. The molecule has 6 nitrogen and oxygen atoms in total. The highest BCUT2D eigenvalue weighted by Crippen LogP contribution is 2.36. The maximum atomic E-state index is 12.5. The van der Waals surface area contributed by atoms with Crippen LogP contribution in [-0.4, -0.2) is 62.8 Å². The third-order valence-corrected chi connectivity index (χ3v) is 4.50. The van der Waals surface area contributed by atoms with Crippen molar-refractivity contribution in [1.29, 1.82) is 0 Å². The summed E-state index contributed by atoms with van der Waals surface area (Å²) in [5, 5.41) is 3.34. The summed E-state index contributed by atoms with van der Waals surface area (Å²) in [5.41, 5.74) is 0.553. The molecule has 0 aromatic heterocycles. The van der Waals surface area contributed by atoms with Gasteiger partial charge >= 0.3 is 6.03 Å². The van der Waals surface area contributed by atoms with E-state index in [1.54, 1.807) is 19.2 Å². The van der Waals surface area contributed by atoms with Crippen LogP contribution in [0, 0.1) is 0 Å². The van der Waals surface area contributed by atoms with E-state index in [2.05, 4.69) is 17.1 Å². The second-order valence-electron chi connectivity index (χ2n) is 5.80. The Kier molecular flexibility index (Phi) is 6.99. The molecule has 1 aliphatic heterocycles. The Morgan fingerprint density at radius 1 is 1.17 bits per heavy atom. The number of methoxy groups -OCH3 is 2. The Morgan fingerprint density at radius 2 is 1.83 bits per heavy atom. The lowest BCUT2D eigenvalue weighted by atomic mass is 10.2. The van der Waals surface area contributed by atoms with E-state index in [1.807, 2.05) is 4.90 Å². The summed E-state index contributed by atoms with van der Waals surface area (Å²) in [6, 6.07) is 3.18. The minimum atomic E-state index is -0.132. The minimum Gasteiger partial charge on any atom is -0.495 e. The molecule has 24 heavy (non-hydrogen) atoms. The van der Waals surface area contributed by atoms with Crippen LogP contribution in [0.1, 0.15) is 19.8 Å². The van der Waals surface area contributed by atoms with Crippen LogP contribution < -0.4 is 14.8 Å². The number of piperazine rings is 1. The molecule has 1 N–H and O–H groups in total.